The quantitative estimate of drug-likeness (QED) is 0.276. The third kappa shape index (κ3) is 5.67. The average molecular weight is 504 g/mol. The minimum absolute atomic E-state index is 0.0124. The smallest absolute Gasteiger partial charge is 0.416 e. The molecule has 0 atom stereocenters. The van der Waals surface area contributed by atoms with E-state index in [-0.39, 0.29) is 35.6 Å². The predicted octanol–water partition coefficient (Wildman–Crippen LogP) is 5.66. The number of rotatable bonds is 7. The number of benzene rings is 2. The summed E-state index contributed by atoms with van der Waals surface area (Å²) in [6.07, 6.45) is -2.80. The minimum atomic E-state index is -4.45. The number of nitrogens with zero attached hydrogens (tertiary/aromatic N) is 1. The molecule has 1 amide bonds. The van der Waals surface area contributed by atoms with E-state index in [4.69, 9.17) is 38.0 Å². The van der Waals surface area contributed by atoms with Crippen molar-refractivity contribution in [3.05, 3.63) is 57.5 Å². The first kappa shape index (κ1) is 24.2. The summed E-state index contributed by atoms with van der Waals surface area (Å²) in [5.41, 5.74) is -0.176. The Morgan fingerprint density at radius 3 is 2.53 bits per heavy atom. The lowest BCUT2D eigenvalue weighted by molar-refractivity contribution is -0.137. The van der Waals surface area contributed by atoms with Gasteiger partial charge in [0.15, 0.2) is 11.5 Å². The molecule has 11 heteroatoms. The Kier molecular flexibility index (Phi) is 7.58. The van der Waals surface area contributed by atoms with Crippen LogP contribution in [0, 0.1) is 0 Å². The number of hydrogen-bond acceptors (Lipinski definition) is 6. The number of methoxy groups -OCH3 is 1. The SMILES string of the molecule is COc1cc(/C=C2\SC(=S)N(C)C2=O)cc(Cl)c1OCCOc1cccc(C(F)(F)F)c1. The van der Waals surface area contributed by atoms with Crippen LogP contribution in [0.4, 0.5) is 13.2 Å². The molecule has 0 bridgehead atoms. The van der Waals surface area contributed by atoms with E-state index in [0.29, 0.717) is 20.5 Å². The molecule has 1 saturated heterocycles. The zero-order chi connectivity index (χ0) is 23.5. The molecule has 1 aliphatic heterocycles. The highest BCUT2D eigenvalue weighted by atomic mass is 35.5. The molecule has 0 saturated carbocycles. The molecule has 0 radical (unpaired) electrons. The van der Waals surface area contributed by atoms with Gasteiger partial charge in [-0.1, -0.05) is 41.6 Å². The first-order chi connectivity index (χ1) is 15.1. The van der Waals surface area contributed by atoms with Crippen molar-refractivity contribution in [2.24, 2.45) is 0 Å². The van der Waals surface area contributed by atoms with E-state index in [1.165, 1.54) is 35.9 Å². The number of likely N-dealkylation sites (N-methyl/N-ethyl adjacent to an activating group) is 1. The zero-order valence-electron chi connectivity index (χ0n) is 16.9. The van der Waals surface area contributed by atoms with Crippen molar-refractivity contribution in [3.8, 4) is 17.2 Å². The molecular weight excluding hydrogens is 487 g/mol. The fraction of sp³-hybridized carbons (Fsp3) is 0.238. The van der Waals surface area contributed by atoms with Gasteiger partial charge in [0.25, 0.3) is 5.91 Å². The van der Waals surface area contributed by atoms with E-state index < -0.39 is 11.7 Å². The highest BCUT2D eigenvalue weighted by molar-refractivity contribution is 8.26. The molecule has 1 heterocycles. The van der Waals surface area contributed by atoms with E-state index in [1.54, 1.807) is 25.3 Å². The lowest BCUT2D eigenvalue weighted by Gasteiger charge is -2.14. The van der Waals surface area contributed by atoms with Crippen LogP contribution >= 0.6 is 35.6 Å². The predicted molar refractivity (Wildman–Crippen MR) is 121 cm³/mol. The lowest BCUT2D eigenvalue weighted by atomic mass is 10.2. The van der Waals surface area contributed by atoms with Crippen molar-refractivity contribution in [1.29, 1.82) is 0 Å². The lowest BCUT2D eigenvalue weighted by Crippen LogP contribution is -2.22. The topological polar surface area (TPSA) is 48.0 Å². The Morgan fingerprint density at radius 1 is 1.19 bits per heavy atom. The van der Waals surface area contributed by atoms with Crippen LogP contribution in [0.2, 0.25) is 5.02 Å². The van der Waals surface area contributed by atoms with Crippen LogP contribution < -0.4 is 14.2 Å². The Morgan fingerprint density at radius 2 is 1.91 bits per heavy atom. The van der Waals surface area contributed by atoms with Crippen LogP contribution in [0.3, 0.4) is 0 Å². The van der Waals surface area contributed by atoms with Gasteiger partial charge in [0.05, 0.1) is 22.6 Å². The summed E-state index contributed by atoms with van der Waals surface area (Å²) in [7, 11) is 3.04. The van der Waals surface area contributed by atoms with Gasteiger partial charge in [-0.05, 0) is 42.0 Å². The molecular formula is C21H17ClF3NO4S2. The molecule has 0 aromatic heterocycles. The number of halogens is 4. The van der Waals surface area contributed by atoms with E-state index >= 15 is 0 Å². The second-order valence-electron chi connectivity index (χ2n) is 6.50. The molecule has 2 aromatic carbocycles. The van der Waals surface area contributed by atoms with Crippen LogP contribution in [-0.2, 0) is 11.0 Å². The Bertz CT molecular complexity index is 1080. The fourth-order valence-electron chi connectivity index (χ4n) is 2.73. The van der Waals surface area contributed by atoms with Crippen LogP contribution in [-0.4, -0.2) is 42.5 Å². The molecule has 5 nitrogen and oxygen atoms in total. The van der Waals surface area contributed by atoms with Crippen LogP contribution in [0.15, 0.2) is 41.3 Å². The summed E-state index contributed by atoms with van der Waals surface area (Å²) < 4.78 is 55.1. The number of ether oxygens (including phenoxy) is 3. The van der Waals surface area contributed by atoms with E-state index in [2.05, 4.69) is 0 Å². The second kappa shape index (κ2) is 10.0. The molecule has 0 unspecified atom stereocenters. The maximum Gasteiger partial charge on any atom is 0.416 e. The highest BCUT2D eigenvalue weighted by Gasteiger charge is 2.31. The third-order valence-electron chi connectivity index (χ3n) is 4.30. The standard InChI is InChI=1S/C21H17ClF3NO4S2/c1-26-19(27)17(32-20(26)31)10-12-8-15(22)18(16(9-12)28-2)30-7-6-29-14-5-3-4-13(11-14)21(23,24)25/h3-5,8-11H,6-7H2,1-2H3/b17-10-. The third-order valence-corrected chi connectivity index (χ3v) is 6.06. The van der Waals surface area contributed by atoms with Crippen LogP contribution in [0.5, 0.6) is 17.2 Å². The van der Waals surface area contributed by atoms with E-state index in [1.807, 2.05) is 0 Å². The number of hydrogen-bond donors (Lipinski definition) is 0. The fourth-order valence-corrected chi connectivity index (χ4v) is 4.18. The number of carbonyl (C=O) groups excluding carboxylic acids is 1. The number of alkyl halides is 3. The van der Waals surface area contributed by atoms with Gasteiger partial charge in [-0.25, -0.2) is 0 Å². The molecule has 0 spiro atoms. The number of thiocarbonyl (C=S) groups is 1. The van der Waals surface area contributed by atoms with E-state index in [0.717, 1.165) is 12.1 Å². The Balaban J connectivity index is 1.66. The first-order valence-electron chi connectivity index (χ1n) is 9.12. The summed E-state index contributed by atoms with van der Waals surface area (Å²) in [5, 5.41) is 0.238. The first-order valence-corrected chi connectivity index (χ1v) is 10.7. The van der Waals surface area contributed by atoms with Crippen molar-refractivity contribution >= 4 is 51.9 Å². The van der Waals surface area contributed by atoms with Gasteiger partial charge >= 0.3 is 6.18 Å². The van der Waals surface area contributed by atoms with E-state index in [9.17, 15) is 18.0 Å². The summed E-state index contributed by atoms with van der Waals surface area (Å²) >= 11 is 12.6. The highest BCUT2D eigenvalue weighted by Crippen LogP contribution is 2.39. The normalized spacial score (nSPS) is 15.4. The molecule has 1 aliphatic rings. The summed E-state index contributed by atoms with van der Waals surface area (Å²) in [4.78, 5) is 14.0. The molecule has 0 aliphatic carbocycles. The van der Waals surface area contributed by atoms with Gasteiger partial charge in [-0.15, -0.1) is 0 Å². The number of amides is 1. The maximum absolute atomic E-state index is 12.8. The van der Waals surface area contributed by atoms with Crippen molar-refractivity contribution in [2.45, 2.75) is 6.18 Å². The molecule has 0 N–H and O–H groups in total. The van der Waals surface area contributed by atoms with Gasteiger partial charge in [0.1, 0.15) is 23.3 Å². The molecule has 1 fully saturated rings. The Hall–Kier alpha value is -2.43. The van der Waals surface area contributed by atoms with Crippen molar-refractivity contribution in [1.82, 2.24) is 4.90 Å². The van der Waals surface area contributed by atoms with Crippen LogP contribution in [0.1, 0.15) is 11.1 Å². The summed E-state index contributed by atoms with van der Waals surface area (Å²) in [5.74, 6) is 0.448. The van der Waals surface area contributed by atoms with Crippen LogP contribution in [0.25, 0.3) is 6.08 Å². The minimum Gasteiger partial charge on any atom is -0.493 e. The largest absolute Gasteiger partial charge is 0.493 e. The van der Waals surface area contributed by atoms with Gasteiger partial charge < -0.3 is 14.2 Å². The summed E-state index contributed by atoms with van der Waals surface area (Å²) in [6, 6.07) is 7.84. The molecule has 2 aromatic rings. The Labute approximate surface area is 197 Å². The maximum atomic E-state index is 12.8. The molecule has 3 rings (SSSR count). The number of thioether (sulfide) groups is 1. The van der Waals surface area contributed by atoms with Crippen molar-refractivity contribution < 1.29 is 32.2 Å². The average Bonchev–Trinajstić information content (AvgIpc) is 2.98. The van der Waals surface area contributed by atoms with Gasteiger partial charge in [-0.3, -0.25) is 9.69 Å². The van der Waals surface area contributed by atoms with Gasteiger partial charge in [-0.2, -0.15) is 13.2 Å². The summed E-state index contributed by atoms with van der Waals surface area (Å²) in [6.45, 7) is 0.00167. The van der Waals surface area contributed by atoms with Crippen molar-refractivity contribution in [3.63, 3.8) is 0 Å². The molecule has 170 valence electrons. The van der Waals surface area contributed by atoms with Gasteiger partial charge in [0, 0.05) is 7.05 Å². The number of carbonyl (C=O) groups is 1. The van der Waals surface area contributed by atoms with Crippen molar-refractivity contribution in [2.75, 3.05) is 27.4 Å². The molecule has 32 heavy (non-hydrogen) atoms. The van der Waals surface area contributed by atoms with Gasteiger partial charge in [0.2, 0.25) is 0 Å². The monoisotopic (exact) mass is 503 g/mol. The zero-order valence-corrected chi connectivity index (χ0v) is 19.3. The second-order valence-corrected chi connectivity index (χ2v) is 8.58.